The first-order valence-corrected chi connectivity index (χ1v) is 11.1. The Morgan fingerprint density at radius 2 is 1.84 bits per heavy atom. The Labute approximate surface area is 182 Å². The highest BCUT2D eigenvalue weighted by Crippen LogP contribution is 2.39. The van der Waals surface area contributed by atoms with E-state index >= 15 is 0 Å². The molecule has 2 heterocycles. The number of hydrogen-bond donors (Lipinski definition) is 3. The van der Waals surface area contributed by atoms with Crippen molar-refractivity contribution in [2.45, 2.75) is 36.9 Å². The molecule has 4 rings (SSSR count). The second-order valence-electron chi connectivity index (χ2n) is 7.39. The molecule has 1 atom stereocenters. The third-order valence-electron chi connectivity index (χ3n) is 5.29. The lowest BCUT2D eigenvalue weighted by Gasteiger charge is -2.20. The zero-order valence-corrected chi connectivity index (χ0v) is 17.8. The van der Waals surface area contributed by atoms with E-state index in [0.29, 0.717) is 6.61 Å². The molecule has 0 aromatic heterocycles. The van der Waals surface area contributed by atoms with Crippen LogP contribution >= 0.6 is 0 Å². The van der Waals surface area contributed by atoms with Crippen molar-refractivity contribution in [3.05, 3.63) is 58.1 Å². The third-order valence-corrected chi connectivity index (χ3v) is 6.22. The van der Waals surface area contributed by atoms with Crippen LogP contribution < -0.4 is 21.1 Å². The van der Waals surface area contributed by atoms with Gasteiger partial charge in [0.1, 0.15) is 6.61 Å². The molecule has 2 aromatic rings. The van der Waals surface area contributed by atoms with Gasteiger partial charge in [-0.2, -0.15) is 18.1 Å². The van der Waals surface area contributed by atoms with Gasteiger partial charge in [-0.1, -0.05) is 12.1 Å². The molecule has 0 bridgehead atoms. The number of carbonyl (C=O) groups is 1. The molecule has 174 valence electrons. The molecule has 0 saturated heterocycles. The van der Waals surface area contributed by atoms with Crippen LogP contribution in [-0.2, 0) is 32.7 Å². The van der Waals surface area contributed by atoms with Gasteiger partial charge in [-0.05, 0) is 60.3 Å². The highest BCUT2D eigenvalue weighted by atomic mass is 32.2. The van der Waals surface area contributed by atoms with E-state index in [2.05, 4.69) is 24.0 Å². The summed E-state index contributed by atoms with van der Waals surface area (Å²) in [6.07, 6.45) is -3.94. The number of fused-ring (bicyclic) bond motifs is 2. The second-order valence-corrected chi connectivity index (χ2v) is 8.95. The minimum atomic E-state index is -4.86. The predicted octanol–water partition coefficient (Wildman–Crippen LogP) is 1.78. The number of nitrogens with two attached hydrogens (primary N) is 2. The smallest absolute Gasteiger partial charge is 0.362 e. The molecule has 2 aliphatic heterocycles. The molecule has 0 spiro atoms. The Hall–Kier alpha value is -2.67. The summed E-state index contributed by atoms with van der Waals surface area (Å²) in [7, 11) is -3.68. The summed E-state index contributed by atoms with van der Waals surface area (Å²) in [6.45, 7) is 4.20. The number of sulfonamides is 1. The van der Waals surface area contributed by atoms with E-state index < -0.39 is 22.1 Å². The van der Waals surface area contributed by atoms with Crippen molar-refractivity contribution in [3.8, 4) is 5.75 Å². The lowest BCUT2D eigenvalue weighted by atomic mass is 9.85. The SMILES string of the molecule is Cc1c2c(cc3c1OOC3)C(c1ccc(S(N)(=O)=O)cc1)CNCC2.NC(=O)C(F)(F)F. The summed E-state index contributed by atoms with van der Waals surface area (Å²) in [6, 6.07) is 8.99. The molecule has 8 nitrogen and oxygen atoms in total. The fourth-order valence-electron chi connectivity index (χ4n) is 3.71. The zero-order chi connectivity index (χ0) is 23.7. The van der Waals surface area contributed by atoms with Gasteiger partial charge in [0.05, 0.1) is 4.90 Å². The van der Waals surface area contributed by atoms with Gasteiger partial charge in [0.2, 0.25) is 10.0 Å². The van der Waals surface area contributed by atoms with Crippen LogP contribution in [0.5, 0.6) is 5.75 Å². The molecule has 0 aliphatic carbocycles. The van der Waals surface area contributed by atoms with Crippen molar-refractivity contribution >= 4 is 15.9 Å². The highest BCUT2D eigenvalue weighted by molar-refractivity contribution is 7.89. The summed E-state index contributed by atoms with van der Waals surface area (Å²) in [5, 5.41) is 8.68. The molecular formula is C20H22F3N3O5S. The first kappa shape index (κ1) is 24.0. The molecule has 2 aromatic carbocycles. The molecular weight excluding hydrogens is 451 g/mol. The fraction of sp³-hybridized carbons (Fsp3) is 0.350. The predicted molar refractivity (Wildman–Crippen MR) is 108 cm³/mol. The number of hydrogen-bond acceptors (Lipinski definition) is 6. The maximum Gasteiger partial charge on any atom is 0.470 e. The zero-order valence-electron chi connectivity index (χ0n) is 17.0. The van der Waals surface area contributed by atoms with E-state index in [1.165, 1.54) is 11.1 Å². The quantitative estimate of drug-likeness (QED) is 0.570. The van der Waals surface area contributed by atoms with E-state index in [9.17, 15) is 21.6 Å². The van der Waals surface area contributed by atoms with Gasteiger partial charge in [-0.25, -0.2) is 13.6 Å². The van der Waals surface area contributed by atoms with Gasteiger partial charge in [-0.15, -0.1) is 0 Å². The first-order valence-electron chi connectivity index (χ1n) is 9.54. The molecule has 1 unspecified atom stereocenters. The maximum absolute atomic E-state index is 11.5. The van der Waals surface area contributed by atoms with E-state index in [0.717, 1.165) is 42.0 Å². The van der Waals surface area contributed by atoms with E-state index in [1.54, 1.807) is 12.1 Å². The number of primary sulfonamides is 1. The normalized spacial score (nSPS) is 17.8. The molecule has 0 fully saturated rings. The van der Waals surface area contributed by atoms with Crippen LogP contribution in [0.3, 0.4) is 0 Å². The fourth-order valence-corrected chi connectivity index (χ4v) is 4.23. The Kier molecular flexibility index (Phi) is 6.79. The van der Waals surface area contributed by atoms with Gasteiger partial charge < -0.3 is 15.9 Å². The van der Waals surface area contributed by atoms with E-state index in [4.69, 9.17) is 19.7 Å². The van der Waals surface area contributed by atoms with E-state index in [1.807, 2.05) is 12.1 Å². The van der Waals surface area contributed by atoms with Crippen LogP contribution in [0.2, 0.25) is 0 Å². The summed E-state index contributed by atoms with van der Waals surface area (Å²) in [5.74, 6) is -1.28. The monoisotopic (exact) mass is 473 g/mol. The van der Waals surface area contributed by atoms with Gasteiger partial charge in [-0.3, -0.25) is 4.79 Å². The van der Waals surface area contributed by atoms with Crippen LogP contribution in [0.25, 0.3) is 0 Å². The van der Waals surface area contributed by atoms with Crippen LogP contribution in [0, 0.1) is 6.92 Å². The number of carbonyl (C=O) groups excluding carboxylic acids is 1. The Morgan fingerprint density at radius 1 is 1.22 bits per heavy atom. The number of rotatable bonds is 2. The van der Waals surface area contributed by atoms with Crippen LogP contribution in [0.4, 0.5) is 13.2 Å². The van der Waals surface area contributed by atoms with E-state index in [-0.39, 0.29) is 10.8 Å². The summed E-state index contributed by atoms with van der Waals surface area (Å²) in [5.41, 5.74) is 9.57. The minimum absolute atomic E-state index is 0.130. The number of alkyl halides is 3. The van der Waals surface area contributed by atoms with Crippen molar-refractivity contribution < 1.29 is 36.2 Å². The number of nitrogens with one attached hydrogen (secondary N) is 1. The molecule has 32 heavy (non-hydrogen) atoms. The summed E-state index contributed by atoms with van der Waals surface area (Å²) < 4.78 is 55.1. The molecule has 12 heteroatoms. The lowest BCUT2D eigenvalue weighted by Crippen LogP contribution is -2.30. The molecule has 0 saturated carbocycles. The molecule has 0 radical (unpaired) electrons. The highest BCUT2D eigenvalue weighted by Gasteiger charge is 2.35. The van der Waals surface area contributed by atoms with Gasteiger partial charge >= 0.3 is 12.1 Å². The third kappa shape index (κ3) is 5.21. The molecule has 5 N–H and O–H groups in total. The average Bonchev–Trinajstić information content (AvgIpc) is 3.07. The van der Waals surface area contributed by atoms with Crippen molar-refractivity contribution in [2.24, 2.45) is 10.9 Å². The summed E-state index contributed by atoms with van der Waals surface area (Å²) >= 11 is 0. The van der Waals surface area contributed by atoms with Gasteiger partial charge in [0.25, 0.3) is 0 Å². The lowest BCUT2D eigenvalue weighted by molar-refractivity contribution is -0.194. The van der Waals surface area contributed by atoms with Crippen molar-refractivity contribution in [2.75, 3.05) is 13.1 Å². The maximum atomic E-state index is 11.5. The number of amides is 1. The first-order chi connectivity index (χ1) is 14.9. The Bertz CT molecular complexity index is 1120. The molecule has 2 aliphatic rings. The van der Waals surface area contributed by atoms with Gasteiger partial charge in [0.15, 0.2) is 5.75 Å². The topological polar surface area (TPSA) is 134 Å². The summed E-state index contributed by atoms with van der Waals surface area (Å²) in [4.78, 5) is 19.7. The van der Waals surface area contributed by atoms with Crippen molar-refractivity contribution in [1.82, 2.24) is 5.32 Å². The molecule has 1 amide bonds. The van der Waals surface area contributed by atoms with Crippen LogP contribution in [-0.4, -0.2) is 33.6 Å². The van der Waals surface area contributed by atoms with Crippen LogP contribution in [0.15, 0.2) is 35.2 Å². The van der Waals surface area contributed by atoms with Crippen molar-refractivity contribution in [1.29, 1.82) is 0 Å². The average molecular weight is 473 g/mol. The minimum Gasteiger partial charge on any atom is -0.362 e. The number of benzene rings is 2. The number of halogens is 3. The Balaban J connectivity index is 0.000000360. The van der Waals surface area contributed by atoms with Gasteiger partial charge in [0, 0.05) is 18.0 Å². The number of primary amides is 1. The second kappa shape index (κ2) is 9.06. The Morgan fingerprint density at radius 3 is 2.41 bits per heavy atom. The van der Waals surface area contributed by atoms with Crippen LogP contribution in [0.1, 0.15) is 33.7 Å². The van der Waals surface area contributed by atoms with Crippen molar-refractivity contribution in [3.63, 3.8) is 0 Å². The largest absolute Gasteiger partial charge is 0.470 e. The standard InChI is InChI=1S/C18H20N2O4S.C2H2F3NO/c1-11-15-6-7-20-9-17(16(15)8-13-10-23-24-18(11)13)12-2-4-14(5-3-12)25(19,21)22;3-2(4,5)1(6)7/h2-5,8,17,20H,6-7,9-10H2,1H3,(H2,19,21,22);(H2,6,7).